The summed E-state index contributed by atoms with van der Waals surface area (Å²) in [6.45, 7) is 4.23. The summed E-state index contributed by atoms with van der Waals surface area (Å²) in [5.74, 6) is -1.50. The SMILES string of the molecule is CC[C@H](C)NC(=O)[C@@H](Cc1ccccc1)N(Cc1ccccc1)C(=O)CCN1C(=O)[C@H]2CC=CC[C@H]2C1=O. The Hall–Kier alpha value is -3.74. The lowest BCUT2D eigenvalue weighted by molar-refractivity contribution is -0.144. The van der Waals surface area contributed by atoms with Gasteiger partial charge in [0.2, 0.25) is 23.6 Å². The third-order valence-corrected chi connectivity index (χ3v) is 7.62. The summed E-state index contributed by atoms with van der Waals surface area (Å²) in [6, 6.07) is 18.5. The van der Waals surface area contributed by atoms with Gasteiger partial charge in [0.15, 0.2) is 0 Å². The lowest BCUT2D eigenvalue weighted by Crippen LogP contribution is -2.52. The molecule has 0 bridgehead atoms. The number of imide groups is 1. The summed E-state index contributed by atoms with van der Waals surface area (Å²) >= 11 is 0. The molecule has 1 heterocycles. The molecule has 38 heavy (non-hydrogen) atoms. The van der Waals surface area contributed by atoms with Crippen molar-refractivity contribution in [1.82, 2.24) is 15.1 Å². The molecule has 1 fully saturated rings. The first kappa shape index (κ1) is 27.3. The van der Waals surface area contributed by atoms with E-state index in [2.05, 4.69) is 5.32 Å². The standard InChI is InChI=1S/C31H37N3O4/c1-3-22(2)32-29(36)27(20-23-12-6-4-7-13-23)34(21-24-14-8-5-9-15-24)28(35)18-19-33-30(37)25-16-10-11-17-26(25)31(33)38/h4-15,22,25-27H,3,16-21H2,1-2H3,(H,32,36)/t22-,25-,26+,27+/m0/s1. The lowest BCUT2D eigenvalue weighted by atomic mass is 9.85. The topological polar surface area (TPSA) is 86.8 Å². The Bertz CT molecular complexity index is 1140. The molecule has 4 atom stereocenters. The van der Waals surface area contributed by atoms with E-state index < -0.39 is 6.04 Å². The molecule has 0 aromatic heterocycles. The predicted molar refractivity (Wildman–Crippen MR) is 146 cm³/mol. The van der Waals surface area contributed by atoms with E-state index in [9.17, 15) is 19.2 Å². The number of carbonyl (C=O) groups excluding carboxylic acids is 4. The molecule has 1 aliphatic carbocycles. The average molecular weight is 516 g/mol. The molecule has 4 amide bonds. The number of rotatable bonds is 11. The summed E-state index contributed by atoms with van der Waals surface area (Å²) in [6.07, 6.45) is 6.13. The van der Waals surface area contributed by atoms with Crippen LogP contribution in [0.1, 0.15) is 50.7 Å². The molecule has 0 saturated carbocycles. The fourth-order valence-electron chi connectivity index (χ4n) is 5.22. The minimum absolute atomic E-state index is 0.0276. The third kappa shape index (κ3) is 6.39. The molecule has 2 aliphatic rings. The van der Waals surface area contributed by atoms with Gasteiger partial charge < -0.3 is 10.2 Å². The van der Waals surface area contributed by atoms with E-state index in [1.54, 1.807) is 4.90 Å². The van der Waals surface area contributed by atoms with E-state index in [0.29, 0.717) is 19.3 Å². The molecule has 0 unspecified atom stereocenters. The zero-order valence-corrected chi connectivity index (χ0v) is 22.2. The molecule has 1 aliphatic heterocycles. The molecular formula is C31H37N3O4. The van der Waals surface area contributed by atoms with Crippen LogP contribution in [-0.4, -0.2) is 52.1 Å². The van der Waals surface area contributed by atoms with E-state index in [1.807, 2.05) is 86.7 Å². The van der Waals surface area contributed by atoms with E-state index in [0.717, 1.165) is 17.5 Å². The Kier molecular flexibility index (Phi) is 9.10. The molecule has 7 heteroatoms. The number of hydrogen-bond acceptors (Lipinski definition) is 4. The molecular weight excluding hydrogens is 478 g/mol. The highest BCUT2D eigenvalue weighted by molar-refractivity contribution is 6.05. The first-order chi connectivity index (χ1) is 18.4. The van der Waals surface area contributed by atoms with Crippen LogP contribution in [0.25, 0.3) is 0 Å². The largest absolute Gasteiger partial charge is 0.352 e. The number of hydrogen-bond donors (Lipinski definition) is 1. The van der Waals surface area contributed by atoms with Crippen molar-refractivity contribution < 1.29 is 19.2 Å². The van der Waals surface area contributed by atoms with Gasteiger partial charge in [0, 0.05) is 32.0 Å². The minimum Gasteiger partial charge on any atom is -0.352 e. The van der Waals surface area contributed by atoms with E-state index >= 15 is 0 Å². The number of nitrogens with zero attached hydrogens (tertiary/aromatic N) is 2. The van der Waals surface area contributed by atoms with Gasteiger partial charge in [0.1, 0.15) is 6.04 Å². The molecule has 2 aromatic rings. The third-order valence-electron chi connectivity index (χ3n) is 7.62. The summed E-state index contributed by atoms with van der Waals surface area (Å²) in [5.41, 5.74) is 1.85. The van der Waals surface area contributed by atoms with Crippen molar-refractivity contribution in [3.05, 3.63) is 83.9 Å². The molecule has 7 nitrogen and oxygen atoms in total. The summed E-state index contributed by atoms with van der Waals surface area (Å²) in [4.78, 5) is 56.1. The van der Waals surface area contributed by atoms with Crippen LogP contribution in [0.4, 0.5) is 0 Å². The maximum Gasteiger partial charge on any atom is 0.243 e. The van der Waals surface area contributed by atoms with Crippen LogP contribution in [0, 0.1) is 11.8 Å². The zero-order valence-electron chi connectivity index (χ0n) is 22.2. The van der Waals surface area contributed by atoms with Crippen molar-refractivity contribution in [3.8, 4) is 0 Å². The molecule has 2 aromatic carbocycles. The predicted octanol–water partition coefficient (Wildman–Crippen LogP) is 3.88. The van der Waals surface area contributed by atoms with Gasteiger partial charge in [0.25, 0.3) is 0 Å². The molecule has 0 radical (unpaired) electrons. The second kappa shape index (κ2) is 12.7. The number of allylic oxidation sites excluding steroid dienone is 2. The van der Waals surface area contributed by atoms with Gasteiger partial charge in [-0.15, -0.1) is 0 Å². The van der Waals surface area contributed by atoms with Crippen molar-refractivity contribution in [1.29, 1.82) is 0 Å². The lowest BCUT2D eigenvalue weighted by Gasteiger charge is -2.32. The summed E-state index contributed by atoms with van der Waals surface area (Å²) in [5, 5.41) is 3.06. The van der Waals surface area contributed by atoms with Crippen LogP contribution < -0.4 is 5.32 Å². The Labute approximate surface area is 224 Å². The van der Waals surface area contributed by atoms with Crippen LogP contribution in [0.3, 0.4) is 0 Å². The molecule has 0 spiro atoms. The average Bonchev–Trinajstić information content (AvgIpc) is 3.19. The molecule has 4 rings (SSSR count). The summed E-state index contributed by atoms with van der Waals surface area (Å²) in [7, 11) is 0. The summed E-state index contributed by atoms with van der Waals surface area (Å²) < 4.78 is 0. The number of nitrogens with one attached hydrogen (secondary N) is 1. The van der Waals surface area contributed by atoms with Crippen LogP contribution in [0.2, 0.25) is 0 Å². The first-order valence-corrected chi connectivity index (χ1v) is 13.6. The maximum absolute atomic E-state index is 13.8. The molecule has 1 N–H and O–H groups in total. The normalized spacial score (nSPS) is 20.1. The second-order valence-corrected chi connectivity index (χ2v) is 10.3. The fourth-order valence-corrected chi connectivity index (χ4v) is 5.22. The van der Waals surface area contributed by atoms with Crippen molar-refractivity contribution in [2.45, 2.75) is 64.6 Å². The van der Waals surface area contributed by atoms with Crippen molar-refractivity contribution >= 4 is 23.6 Å². The highest BCUT2D eigenvalue weighted by Gasteiger charge is 2.47. The number of likely N-dealkylation sites (tertiary alicyclic amines) is 1. The Morgan fingerprint density at radius 1 is 0.921 bits per heavy atom. The van der Waals surface area contributed by atoms with Crippen LogP contribution >= 0.6 is 0 Å². The monoisotopic (exact) mass is 515 g/mol. The van der Waals surface area contributed by atoms with Gasteiger partial charge >= 0.3 is 0 Å². The van der Waals surface area contributed by atoms with E-state index in [1.165, 1.54) is 4.90 Å². The number of benzene rings is 2. The van der Waals surface area contributed by atoms with Gasteiger partial charge in [0.05, 0.1) is 11.8 Å². The number of carbonyl (C=O) groups is 4. The van der Waals surface area contributed by atoms with Gasteiger partial charge in [-0.05, 0) is 37.3 Å². The van der Waals surface area contributed by atoms with Gasteiger partial charge in [-0.3, -0.25) is 24.1 Å². The van der Waals surface area contributed by atoms with E-state index in [4.69, 9.17) is 0 Å². The molecule has 1 saturated heterocycles. The van der Waals surface area contributed by atoms with Crippen molar-refractivity contribution in [2.75, 3.05) is 6.54 Å². The molecule has 200 valence electrons. The van der Waals surface area contributed by atoms with Crippen LogP contribution in [-0.2, 0) is 32.1 Å². The Morgan fingerprint density at radius 3 is 2.03 bits per heavy atom. The van der Waals surface area contributed by atoms with Crippen molar-refractivity contribution in [2.24, 2.45) is 11.8 Å². The minimum atomic E-state index is -0.740. The van der Waals surface area contributed by atoms with Crippen LogP contribution in [0.5, 0.6) is 0 Å². The number of amides is 4. The Morgan fingerprint density at radius 2 is 1.47 bits per heavy atom. The smallest absolute Gasteiger partial charge is 0.243 e. The van der Waals surface area contributed by atoms with Gasteiger partial charge in [-0.1, -0.05) is 79.7 Å². The van der Waals surface area contributed by atoms with E-state index in [-0.39, 0.29) is 61.0 Å². The fraction of sp³-hybridized carbons (Fsp3) is 0.419. The van der Waals surface area contributed by atoms with Crippen LogP contribution in [0.15, 0.2) is 72.8 Å². The van der Waals surface area contributed by atoms with Gasteiger partial charge in [-0.2, -0.15) is 0 Å². The second-order valence-electron chi connectivity index (χ2n) is 10.3. The maximum atomic E-state index is 13.8. The zero-order chi connectivity index (χ0) is 27.1. The van der Waals surface area contributed by atoms with Crippen molar-refractivity contribution in [3.63, 3.8) is 0 Å². The highest BCUT2D eigenvalue weighted by atomic mass is 16.2. The Balaban J connectivity index is 1.57. The number of fused-ring (bicyclic) bond motifs is 1. The van der Waals surface area contributed by atoms with Gasteiger partial charge in [-0.25, -0.2) is 0 Å². The highest BCUT2D eigenvalue weighted by Crippen LogP contribution is 2.35. The first-order valence-electron chi connectivity index (χ1n) is 13.6. The quantitative estimate of drug-likeness (QED) is 0.364.